The number of phenols is 3. The molecule has 7 rings (SSSR count). The van der Waals surface area contributed by atoms with Crippen LogP contribution in [0.25, 0.3) is 54.6 Å². The van der Waals surface area contributed by atoms with Gasteiger partial charge in [-0.05, 0) is 57.9 Å². The third-order valence-electron chi connectivity index (χ3n) is 6.55. The number of phenolic OH excluding ortho intramolecular Hbond substituents is 3. The van der Waals surface area contributed by atoms with E-state index in [1.807, 2.05) is 48.5 Å². The van der Waals surface area contributed by atoms with Crippen LogP contribution in [-0.4, -0.2) is 21.8 Å². The molecule has 0 aliphatic rings. The molecule has 7 aromatic rings. The number of aromatic hydroxyl groups is 3. The van der Waals surface area contributed by atoms with Crippen LogP contribution in [0.1, 0.15) is 1.43 Å². The fraction of sp³-hybridized carbons (Fsp3) is 0. The average Bonchev–Trinajstić information content (AvgIpc) is 3.39. The summed E-state index contributed by atoms with van der Waals surface area (Å²) in [7, 11) is 0. The molecule has 0 bridgehead atoms. The maximum absolute atomic E-state index is 14.0. The molecule has 0 saturated carbocycles. The maximum Gasteiger partial charge on any atom is 1.00 e. The van der Waals surface area contributed by atoms with Gasteiger partial charge in [0.25, 0.3) is 6.47 Å². The van der Waals surface area contributed by atoms with Gasteiger partial charge in [0.2, 0.25) is 0 Å². The van der Waals surface area contributed by atoms with Gasteiger partial charge in [-0.1, -0.05) is 72.8 Å². The van der Waals surface area contributed by atoms with E-state index >= 15 is 0 Å². The van der Waals surface area contributed by atoms with E-state index in [-0.39, 0.29) is 133 Å². The summed E-state index contributed by atoms with van der Waals surface area (Å²) in [6, 6.07) is 32.2. The number of hydrogen-bond acceptors (Lipinski definition) is 7. The van der Waals surface area contributed by atoms with Crippen LogP contribution >= 0.6 is 0 Å². The second-order valence-electron chi connectivity index (χ2n) is 8.92. The van der Waals surface area contributed by atoms with E-state index < -0.39 is 5.82 Å². The zero-order chi connectivity index (χ0) is 28.9. The molecule has 10 heteroatoms. The summed E-state index contributed by atoms with van der Waals surface area (Å²) in [5.41, 5.74) is 1.87. The monoisotopic (exact) mass is 628 g/mol. The summed E-state index contributed by atoms with van der Waals surface area (Å²) in [6.07, 6.45) is 0. The Morgan fingerprint density at radius 3 is 1.84 bits per heavy atom. The van der Waals surface area contributed by atoms with Crippen molar-refractivity contribution in [2.75, 3.05) is 0 Å². The molecule has 1 aromatic heterocycles. The number of carbonyl (C=O) groups excluding carboxylic acids is 1. The molecule has 0 aliphatic carbocycles. The van der Waals surface area contributed by atoms with Gasteiger partial charge in [-0.15, -0.1) is 0 Å². The van der Waals surface area contributed by atoms with Crippen molar-refractivity contribution in [3.05, 3.63) is 115 Å². The molecular weight excluding hydrogens is 606 g/mol. The first-order valence-corrected chi connectivity index (χ1v) is 12.4. The van der Waals surface area contributed by atoms with E-state index in [1.54, 1.807) is 24.3 Å². The van der Waals surface area contributed by atoms with Crippen molar-refractivity contribution >= 4 is 50.0 Å². The summed E-state index contributed by atoms with van der Waals surface area (Å²) in [4.78, 5) is 11.2. The fourth-order valence-electron chi connectivity index (χ4n) is 4.85. The number of furan rings is 1. The van der Waals surface area contributed by atoms with Gasteiger partial charge in [-0.25, -0.2) is 4.39 Å². The van der Waals surface area contributed by atoms with Crippen LogP contribution in [0, 0.1) is 5.82 Å². The van der Waals surface area contributed by atoms with E-state index in [4.69, 9.17) is 14.5 Å². The Balaban J connectivity index is 0.000000258. The van der Waals surface area contributed by atoms with Crippen LogP contribution in [0.15, 0.2) is 114 Å². The van der Waals surface area contributed by atoms with E-state index in [9.17, 15) is 19.7 Å². The van der Waals surface area contributed by atoms with Crippen LogP contribution < -0.4 is 108 Å². The van der Waals surface area contributed by atoms with Gasteiger partial charge >= 0.3 is 103 Å². The summed E-state index contributed by atoms with van der Waals surface area (Å²) in [5, 5.41) is 44.0. The van der Waals surface area contributed by atoms with Crippen LogP contribution in [0.2, 0.25) is 0 Å². The molecule has 7 nitrogen and oxygen atoms in total. The van der Waals surface area contributed by atoms with Gasteiger partial charge < -0.3 is 31.3 Å². The first-order chi connectivity index (χ1) is 19.9. The third kappa shape index (κ3) is 7.50. The van der Waals surface area contributed by atoms with Gasteiger partial charge in [-0.2, -0.15) is 0 Å². The Kier molecular flexibility index (Phi) is 13.2. The van der Waals surface area contributed by atoms with Gasteiger partial charge in [-0.3, -0.25) is 4.79 Å². The SMILES string of the molecule is O=CO[O-].Oc1cccc(F)c1-c1c(O)ccc2ccccc12.Oc1cccc2oc3ccc4ccccc4c3c12.[H-].[K+].[K+]. The second-order valence-corrected chi connectivity index (χ2v) is 8.92. The predicted molar refractivity (Wildman–Crippen MR) is 154 cm³/mol. The smallest absolute Gasteiger partial charge is 1.00 e. The van der Waals surface area contributed by atoms with Crippen molar-refractivity contribution in [3.8, 4) is 28.4 Å². The van der Waals surface area contributed by atoms with Crippen molar-refractivity contribution in [1.29, 1.82) is 0 Å². The van der Waals surface area contributed by atoms with Crippen molar-refractivity contribution in [1.82, 2.24) is 0 Å². The average molecular weight is 629 g/mol. The summed E-state index contributed by atoms with van der Waals surface area (Å²) in [5.74, 6) is -0.542. The van der Waals surface area contributed by atoms with Crippen LogP contribution in [0.3, 0.4) is 0 Å². The molecule has 1 heterocycles. The molecule has 0 fully saturated rings. The second kappa shape index (κ2) is 16.1. The Morgan fingerprint density at radius 1 is 0.628 bits per heavy atom. The third-order valence-corrected chi connectivity index (χ3v) is 6.55. The van der Waals surface area contributed by atoms with Crippen molar-refractivity contribution in [3.63, 3.8) is 0 Å². The van der Waals surface area contributed by atoms with Crippen molar-refractivity contribution < 1.29 is 143 Å². The van der Waals surface area contributed by atoms with Gasteiger partial charge in [0.15, 0.2) is 0 Å². The molecule has 0 spiro atoms. The Labute approximate surface area is 331 Å². The first-order valence-electron chi connectivity index (χ1n) is 12.4. The molecule has 0 atom stereocenters. The standard InChI is InChI=1S/C16H11FO2.C16H10O2.CH2O3.2K.H/c17-12-6-3-7-13(18)16(12)15-11-5-2-1-4-10(11)8-9-14(15)19;17-12-6-3-7-13-16(12)15-11-5-2-1-4-10(11)8-9-14(15)18-13;2-1-4-3;;;/h1-9,18-19H;1-9,17H;1,3H;;;/q;;;2*+1;-1/p-1. The van der Waals surface area contributed by atoms with Crippen LogP contribution in [-0.2, 0) is 9.68 Å². The number of rotatable bonds is 2. The first kappa shape index (κ1) is 35.2. The van der Waals surface area contributed by atoms with E-state index in [0.717, 1.165) is 38.1 Å². The number of hydrogen-bond donors (Lipinski definition) is 3. The molecule has 43 heavy (non-hydrogen) atoms. The quantitative estimate of drug-likeness (QED) is 0.113. The van der Waals surface area contributed by atoms with E-state index in [0.29, 0.717) is 10.9 Å². The van der Waals surface area contributed by atoms with E-state index in [2.05, 4.69) is 17.0 Å². The molecule has 0 saturated heterocycles. The normalized spacial score (nSPS) is 10.1. The van der Waals surface area contributed by atoms with Gasteiger partial charge in [0, 0.05) is 10.9 Å². The topological polar surface area (TPSA) is 123 Å². The minimum atomic E-state index is -0.563. The minimum Gasteiger partial charge on any atom is -1.00 e. The number of fused-ring (bicyclic) bond motifs is 6. The minimum absolute atomic E-state index is 0. The summed E-state index contributed by atoms with van der Waals surface area (Å²) in [6.45, 7) is -0.181. The zero-order valence-electron chi connectivity index (χ0n) is 24.3. The summed E-state index contributed by atoms with van der Waals surface area (Å²) >= 11 is 0. The zero-order valence-corrected chi connectivity index (χ0v) is 29.6. The molecule has 3 N–H and O–H groups in total. The van der Waals surface area contributed by atoms with Crippen molar-refractivity contribution in [2.45, 2.75) is 0 Å². The molecule has 6 aromatic carbocycles. The Hall–Kier alpha value is -2.33. The number of halogens is 1. The van der Waals surface area contributed by atoms with E-state index in [1.165, 1.54) is 24.3 Å². The molecule has 0 aliphatic heterocycles. The molecule has 0 unspecified atom stereocenters. The van der Waals surface area contributed by atoms with Crippen LogP contribution in [0.4, 0.5) is 4.39 Å². The largest absolute Gasteiger partial charge is 1.00 e. The molecule has 0 radical (unpaired) electrons. The van der Waals surface area contributed by atoms with Gasteiger partial charge in [0.05, 0.1) is 10.9 Å². The van der Waals surface area contributed by atoms with Crippen molar-refractivity contribution in [2.24, 2.45) is 0 Å². The number of carbonyl (C=O) groups is 1. The molecule has 0 amide bonds. The van der Waals surface area contributed by atoms with Crippen LogP contribution in [0.5, 0.6) is 17.2 Å². The molecule has 206 valence electrons. The summed E-state index contributed by atoms with van der Waals surface area (Å²) < 4.78 is 19.8. The predicted octanol–water partition coefficient (Wildman–Crippen LogP) is 1.06. The fourth-order valence-corrected chi connectivity index (χ4v) is 4.85. The Bertz CT molecular complexity index is 2010. The van der Waals surface area contributed by atoms with Gasteiger partial charge in [0.1, 0.15) is 34.2 Å². The molecular formula is C33H23FK2O7. The number of benzene rings is 6. The maximum atomic E-state index is 14.0. The Morgan fingerprint density at radius 2 is 1.16 bits per heavy atom.